The molecule has 2 aromatic rings. The van der Waals surface area contributed by atoms with Crippen LogP contribution >= 0.6 is 11.8 Å². The van der Waals surface area contributed by atoms with E-state index in [1.165, 1.54) is 73.3 Å². The molecule has 2 unspecified atom stereocenters. The van der Waals surface area contributed by atoms with Crippen molar-refractivity contribution in [2.75, 3.05) is 39.0 Å². The van der Waals surface area contributed by atoms with Crippen molar-refractivity contribution in [2.24, 2.45) is 0 Å². The Morgan fingerprint density at radius 3 is 2.58 bits per heavy atom. The number of benzene rings is 2. The molecule has 2 aromatic carbocycles. The van der Waals surface area contributed by atoms with Crippen molar-refractivity contribution in [3.05, 3.63) is 64.7 Å². The minimum absolute atomic E-state index is 0.454. The Hall–Kier alpha value is -1.73. The largest absolute Gasteiger partial charge is 0.302 e. The lowest BCUT2D eigenvalue weighted by atomic mass is 9.81. The summed E-state index contributed by atoms with van der Waals surface area (Å²) in [7, 11) is 0. The molecule has 3 aliphatic heterocycles. The second-order valence-electron chi connectivity index (χ2n) is 9.28. The number of hydrogen-bond acceptors (Lipinski definition) is 3. The van der Waals surface area contributed by atoms with Crippen LogP contribution in [0.3, 0.4) is 0 Å². The van der Waals surface area contributed by atoms with E-state index in [1.807, 2.05) is 11.8 Å². The molecule has 0 aliphatic carbocycles. The molecule has 31 heavy (non-hydrogen) atoms. The van der Waals surface area contributed by atoms with Crippen molar-refractivity contribution in [3.8, 4) is 11.8 Å². The summed E-state index contributed by atoms with van der Waals surface area (Å²) in [5, 5.41) is 0. The average Bonchev–Trinajstić information content (AvgIpc) is 3.31. The van der Waals surface area contributed by atoms with Gasteiger partial charge in [-0.2, -0.15) is 0 Å². The van der Waals surface area contributed by atoms with Crippen LogP contribution in [-0.4, -0.2) is 48.8 Å². The maximum Gasteiger partial charge on any atom is 0.0351 e. The van der Waals surface area contributed by atoms with Gasteiger partial charge in [0.15, 0.2) is 0 Å². The van der Waals surface area contributed by atoms with Crippen molar-refractivity contribution >= 4 is 11.8 Å². The average molecular weight is 431 g/mol. The highest BCUT2D eigenvalue weighted by molar-refractivity contribution is 7.98. The molecule has 2 fully saturated rings. The molecule has 2 saturated heterocycles. The minimum Gasteiger partial charge on any atom is -0.302 e. The zero-order valence-corrected chi connectivity index (χ0v) is 19.6. The highest BCUT2D eigenvalue weighted by Crippen LogP contribution is 2.44. The number of thioether (sulfide) groups is 1. The van der Waals surface area contributed by atoms with Gasteiger partial charge >= 0.3 is 0 Å². The first-order valence-corrected chi connectivity index (χ1v) is 13.3. The van der Waals surface area contributed by atoms with Gasteiger partial charge < -0.3 is 4.90 Å². The molecule has 162 valence electrons. The van der Waals surface area contributed by atoms with Gasteiger partial charge in [-0.15, -0.1) is 11.8 Å². The second kappa shape index (κ2) is 9.82. The van der Waals surface area contributed by atoms with E-state index in [4.69, 9.17) is 0 Å². The topological polar surface area (TPSA) is 6.48 Å². The third kappa shape index (κ3) is 4.72. The van der Waals surface area contributed by atoms with Gasteiger partial charge in [-0.1, -0.05) is 36.5 Å². The van der Waals surface area contributed by atoms with Crippen molar-refractivity contribution in [1.82, 2.24) is 9.80 Å². The molecule has 0 N–H and O–H groups in total. The van der Waals surface area contributed by atoms with E-state index in [0.29, 0.717) is 12.0 Å². The van der Waals surface area contributed by atoms with E-state index in [9.17, 15) is 0 Å². The van der Waals surface area contributed by atoms with Gasteiger partial charge in [0.05, 0.1) is 0 Å². The van der Waals surface area contributed by atoms with Crippen LogP contribution in [0.4, 0.5) is 0 Å². The fourth-order valence-electron chi connectivity index (χ4n) is 5.67. The van der Waals surface area contributed by atoms with E-state index >= 15 is 0 Å². The van der Waals surface area contributed by atoms with Crippen LogP contribution in [0.15, 0.2) is 47.4 Å². The predicted molar refractivity (Wildman–Crippen MR) is 132 cm³/mol. The number of nitrogens with zero attached hydrogens (tertiary/aromatic N) is 2. The van der Waals surface area contributed by atoms with E-state index in [1.54, 1.807) is 5.56 Å². The molecule has 3 aliphatic rings. The fourth-order valence-corrected chi connectivity index (χ4v) is 6.08. The Morgan fingerprint density at radius 2 is 1.77 bits per heavy atom. The summed E-state index contributed by atoms with van der Waals surface area (Å²) >= 11 is 1.82. The van der Waals surface area contributed by atoms with Crippen molar-refractivity contribution in [2.45, 2.75) is 55.4 Å². The molecule has 0 saturated carbocycles. The zero-order valence-electron chi connectivity index (χ0n) is 18.8. The SMILES string of the molecule is CSc1ccc(C2CN3CCCC3c3ccc(C#CCCN4CCCCC4)cc32)cc1. The smallest absolute Gasteiger partial charge is 0.0351 e. The summed E-state index contributed by atoms with van der Waals surface area (Å²) in [5.41, 5.74) is 5.69. The highest BCUT2D eigenvalue weighted by Gasteiger charge is 2.36. The van der Waals surface area contributed by atoms with Gasteiger partial charge in [0.1, 0.15) is 0 Å². The summed E-state index contributed by atoms with van der Waals surface area (Å²) in [6.07, 6.45) is 9.86. The van der Waals surface area contributed by atoms with Gasteiger partial charge in [-0.05, 0) is 92.5 Å². The summed E-state index contributed by atoms with van der Waals surface area (Å²) in [4.78, 5) is 6.63. The van der Waals surface area contributed by atoms with E-state index in [-0.39, 0.29) is 0 Å². The molecule has 3 heterocycles. The first-order chi connectivity index (χ1) is 15.3. The molecule has 0 spiro atoms. The normalized spacial score (nSPS) is 23.6. The Balaban J connectivity index is 1.38. The third-order valence-electron chi connectivity index (χ3n) is 7.35. The second-order valence-corrected chi connectivity index (χ2v) is 10.2. The van der Waals surface area contributed by atoms with Crippen LogP contribution in [0, 0.1) is 11.8 Å². The Labute approximate surface area is 192 Å². The Morgan fingerprint density at radius 1 is 0.935 bits per heavy atom. The number of likely N-dealkylation sites (tertiary alicyclic amines) is 1. The van der Waals surface area contributed by atoms with E-state index < -0.39 is 0 Å². The van der Waals surface area contributed by atoms with Gasteiger partial charge in [-0.25, -0.2) is 0 Å². The quantitative estimate of drug-likeness (QED) is 0.439. The predicted octanol–water partition coefficient (Wildman–Crippen LogP) is 5.92. The van der Waals surface area contributed by atoms with Crippen LogP contribution in [0.5, 0.6) is 0 Å². The maximum atomic E-state index is 3.49. The van der Waals surface area contributed by atoms with E-state index in [2.05, 4.69) is 70.4 Å². The molecule has 0 bridgehead atoms. The van der Waals surface area contributed by atoms with Gasteiger partial charge in [0.25, 0.3) is 0 Å². The van der Waals surface area contributed by atoms with E-state index in [0.717, 1.165) is 19.5 Å². The number of rotatable bonds is 4. The monoisotopic (exact) mass is 430 g/mol. The van der Waals surface area contributed by atoms with Crippen LogP contribution in [0.2, 0.25) is 0 Å². The molecule has 2 atom stereocenters. The summed E-state index contributed by atoms with van der Waals surface area (Å²) in [6.45, 7) is 6.02. The summed E-state index contributed by atoms with van der Waals surface area (Å²) in [5.74, 6) is 7.41. The minimum atomic E-state index is 0.454. The Kier molecular flexibility index (Phi) is 6.69. The molecule has 0 amide bonds. The first kappa shape index (κ1) is 21.1. The van der Waals surface area contributed by atoms with Gasteiger partial charge in [0, 0.05) is 41.9 Å². The van der Waals surface area contributed by atoms with Gasteiger partial charge in [-0.3, -0.25) is 4.90 Å². The molecule has 0 aromatic heterocycles. The molecular weight excluding hydrogens is 396 g/mol. The number of fused-ring (bicyclic) bond motifs is 3. The Bertz CT molecular complexity index is 949. The maximum absolute atomic E-state index is 3.49. The van der Waals surface area contributed by atoms with Crippen molar-refractivity contribution in [1.29, 1.82) is 0 Å². The summed E-state index contributed by atoms with van der Waals surface area (Å²) in [6, 6.07) is 16.9. The number of hydrogen-bond donors (Lipinski definition) is 0. The lowest BCUT2D eigenvalue weighted by Crippen LogP contribution is -2.34. The van der Waals surface area contributed by atoms with Crippen LogP contribution in [0.25, 0.3) is 0 Å². The first-order valence-electron chi connectivity index (χ1n) is 12.0. The highest BCUT2D eigenvalue weighted by atomic mass is 32.2. The zero-order chi connectivity index (χ0) is 21.0. The van der Waals surface area contributed by atoms with Crippen molar-refractivity contribution in [3.63, 3.8) is 0 Å². The molecule has 5 rings (SSSR count). The summed E-state index contributed by atoms with van der Waals surface area (Å²) < 4.78 is 0. The van der Waals surface area contributed by atoms with Crippen LogP contribution in [-0.2, 0) is 0 Å². The molecule has 2 nitrogen and oxygen atoms in total. The molecule has 0 radical (unpaired) electrons. The lowest BCUT2D eigenvalue weighted by molar-refractivity contribution is 0.230. The standard InChI is InChI=1S/C28H34N2S/c1-31-24-13-11-23(12-14-24)27-21-30-19-7-9-28(30)25-15-10-22(20-26(25)27)8-3-6-18-29-16-4-2-5-17-29/h10-15,20,27-28H,2,4-7,9,16-19,21H2,1H3. The lowest BCUT2D eigenvalue weighted by Gasteiger charge is -2.37. The molecular formula is C28H34N2S. The van der Waals surface area contributed by atoms with Crippen LogP contribution < -0.4 is 0 Å². The van der Waals surface area contributed by atoms with Crippen molar-refractivity contribution < 1.29 is 0 Å². The van der Waals surface area contributed by atoms with Gasteiger partial charge in [0.2, 0.25) is 0 Å². The fraction of sp³-hybridized carbons (Fsp3) is 0.500. The van der Waals surface area contributed by atoms with Crippen LogP contribution in [0.1, 0.15) is 72.7 Å². The third-order valence-corrected chi connectivity index (χ3v) is 8.10. The molecule has 3 heteroatoms. The number of piperidine rings is 1.